The Kier molecular flexibility index (Phi) is 9.38. The Bertz CT molecular complexity index is 1750. The first-order valence-corrected chi connectivity index (χ1v) is 15.7. The Balaban J connectivity index is 1.23. The van der Waals surface area contributed by atoms with Crippen molar-refractivity contribution in [3.05, 3.63) is 83.3 Å². The van der Waals surface area contributed by atoms with E-state index in [1.807, 2.05) is 6.92 Å². The second-order valence-corrected chi connectivity index (χ2v) is 11.9. The van der Waals surface area contributed by atoms with E-state index in [-0.39, 0.29) is 17.2 Å². The summed E-state index contributed by atoms with van der Waals surface area (Å²) in [5.41, 5.74) is 0.907. The number of alkyl halides is 3. The highest BCUT2D eigenvalue weighted by atomic mass is 19.4. The molecular weight excluding hydrogens is 611 g/mol. The predicted octanol–water partition coefficient (Wildman–Crippen LogP) is 5.78. The summed E-state index contributed by atoms with van der Waals surface area (Å²) in [5, 5.41) is 16.9. The number of likely N-dealkylation sites (tertiary alicyclic amines) is 1. The molecule has 0 spiro atoms. The minimum Gasteiger partial charge on any atom is -0.367 e. The number of hydrogen-bond acceptors (Lipinski definition) is 8. The van der Waals surface area contributed by atoms with Gasteiger partial charge in [-0.05, 0) is 81.6 Å². The molecule has 1 aliphatic carbocycles. The van der Waals surface area contributed by atoms with Gasteiger partial charge in [-0.3, -0.25) is 9.59 Å². The second-order valence-electron chi connectivity index (χ2n) is 11.9. The van der Waals surface area contributed by atoms with E-state index < -0.39 is 17.6 Å². The van der Waals surface area contributed by atoms with Crippen molar-refractivity contribution in [1.29, 1.82) is 0 Å². The number of rotatable bonds is 11. The van der Waals surface area contributed by atoms with Gasteiger partial charge in [-0.2, -0.15) is 23.0 Å². The Labute approximate surface area is 270 Å². The van der Waals surface area contributed by atoms with Gasteiger partial charge in [0.15, 0.2) is 11.5 Å². The number of benzene rings is 2. The lowest BCUT2D eigenvalue weighted by atomic mass is 10.1. The second kappa shape index (κ2) is 13.8. The highest BCUT2D eigenvalue weighted by Crippen LogP contribution is 2.31. The number of aryl methyl sites for hydroxylation is 1. The topological polar surface area (TPSA) is 129 Å². The van der Waals surface area contributed by atoms with Gasteiger partial charge in [0, 0.05) is 48.2 Å². The maximum absolute atomic E-state index is 13.2. The van der Waals surface area contributed by atoms with Gasteiger partial charge >= 0.3 is 6.18 Å². The van der Waals surface area contributed by atoms with Gasteiger partial charge in [-0.1, -0.05) is 18.6 Å². The fourth-order valence-electron chi connectivity index (χ4n) is 5.35. The summed E-state index contributed by atoms with van der Waals surface area (Å²) in [4.78, 5) is 37.2. The average Bonchev–Trinajstić information content (AvgIpc) is 3.78. The number of nitrogens with one attached hydrogen (secondary N) is 4. The maximum Gasteiger partial charge on any atom is 0.416 e. The molecule has 1 aliphatic heterocycles. The molecule has 2 fully saturated rings. The molecule has 0 bridgehead atoms. The molecule has 2 aromatic heterocycles. The monoisotopic (exact) mass is 647 g/mol. The van der Waals surface area contributed by atoms with Crippen LogP contribution in [0.1, 0.15) is 64.1 Å². The zero-order valence-corrected chi connectivity index (χ0v) is 25.9. The fraction of sp³-hybridized carbons (Fsp3) is 0.364. The first kappa shape index (κ1) is 32.0. The molecule has 0 unspecified atom stereocenters. The van der Waals surface area contributed by atoms with Gasteiger partial charge in [0.2, 0.25) is 0 Å². The maximum atomic E-state index is 13.2. The van der Waals surface area contributed by atoms with Crippen molar-refractivity contribution in [1.82, 2.24) is 30.0 Å². The van der Waals surface area contributed by atoms with E-state index in [2.05, 4.69) is 41.2 Å². The Hall–Kier alpha value is -4.98. The lowest BCUT2D eigenvalue weighted by molar-refractivity contribution is -0.137. The molecule has 14 heteroatoms. The van der Waals surface area contributed by atoms with Crippen molar-refractivity contribution in [2.75, 3.05) is 42.1 Å². The van der Waals surface area contributed by atoms with Crippen molar-refractivity contribution < 1.29 is 22.8 Å². The molecular formula is C33H36F3N9O2. The predicted molar refractivity (Wildman–Crippen MR) is 172 cm³/mol. The minimum absolute atomic E-state index is 0.122. The SMILES string of the molecule is Cc1ccc(NC(=O)c2cccc(C(F)(F)F)c2)cc1Nc1cc(C(=O)NCCN2CCCCC2)nn1-c1cc(NC2CC2)ncn1. The van der Waals surface area contributed by atoms with E-state index in [0.29, 0.717) is 41.4 Å². The lowest BCUT2D eigenvalue weighted by Crippen LogP contribution is -2.37. The zero-order chi connectivity index (χ0) is 33.0. The normalized spacial score (nSPS) is 15.2. The standard InChI is InChI=1S/C33H36F3N9O2/c1-21-8-9-25(41-31(46)22-6-5-7-23(16-22)33(34,35)36)17-26(21)42-30-18-27(32(47)37-12-15-44-13-3-2-4-14-44)43-45(30)29-19-28(38-20-39-29)40-24-10-11-24/h5-9,16-20,24,42H,2-4,10-15H2,1H3,(H,37,47)(H,41,46)(H,38,39,40). The number of amides is 2. The van der Waals surface area contributed by atoms with Crippen LogP contribution in [0, 0.1) is 6.92 Å². The quantitative estimate of drug-likeness (QED) is 0.161. The van der Waals surface area contributed by atoms with E-state index >= 15 is 0 Å². The number of carbonyl (C=O) groups is 2. The minimum atomic E-state index is -4.57. The summed E-state index contributed by atoms with van der Waals surface area (Å²) in [5.74, 6) is 0.502. The van der Waals surface area contributed by atoms with Gasteiger partial charge in [0.1, 0.15) is 18.0 Å². The Morgan fingerprint density at radius 2 is 1.77 bits per heavy atom. The summed E-state index contributed by atoms with van der Waals surface area (Å²) < 4.78 is 41.1. The van der Waals surface area contributed by atoms with Gasteiger partial charge in [-0.25, -0.2) is 9.97 Å². The molecule has 3 heterocycles. The molecule has 47 heavy (non-hydrogen) atoms. The third-order valence-electron chi connectivity index (χ3n) is 8.11. The van der Waals surface area contributed by atoms with Crippen LogP contribution < -0.4 is 21.3 Å². The zero-order valence-electron chi connectivity index (χ0n) is 25.9. The number of anilines is 4. The Morgan fingerprint density at radius 1 is 0.957 bits per heavy atom. The summed E-state index contributed by atoms with van der Waals surface area (Å²) in [7, 11) is 0. The van der Waals surface area contributed by atoms with Crippen LogP contribution in [0.4, 0.5) is 36.2 Å². The van der Waals surface area contributed by atoms with Crippen LogP contribution in [0.5, 0.6) is 0 Å². The molecule has 2 aromatic carbocycles. The van der Waals surface area contributed by atoms with E-state index in [9.17, 15) is 22.8 Å². The van der Waals surface area contributed by atoms with Gasteiger partial charge < -0.3 is 26.2 Å². The molecule has 2 amide bonds. The van der Waals surface area contributed by atoms with Crippen LogP contribution in [0.15, 0.2) is 60.9 Å². The smallest absolute Gasteiger partial charge is 0.367 e. The molecule has 4 N–H and O–H groups in total. The number of hydrogen-bond donors (Lipinski definition) is 4. The van der Waals surface area contributed by atoms with E-state index in [1.54, 1.807) is 30.3 Å². The molecule has 1 saturated heterocycles. The van der Waals surface area contributed by atoms with Crippen LogP contribution in [0.3, 0.4) is 0 Å². The fourth-order valence-corrected chi connectivity index (χ4v) is 5.35. The van der Waals surface area contributed by atoms with E-state index in [4.69, 9.17) is 0 Å². The lowest BCUT2D eigenvalue weighted by Gasteiger charge is -2.26. The van der Waals surface area contributed by atoms with Crippen molar-refractivity contribution in [3.63, 3.8) is 0 Å². The van der Waals surface area contributed by atoms with Gasteiger partial charge in [-0.15, -0.1) is 0 Å². The van der Waals surface area contributed by atoms with Crippen molar-refractivity contribution >= 4 is 34.8 Å². The first-order valence-electron chi connectivity index (χ1n) is 15.7. The molecule has 4 aromatic rings. The largest absolute Gasteiger partial charge is 0.416 e. The number of carbonyl (C=O) groups excluding carboxylic acids is 2. The molecule has 6 rings (SSSR count). The first-order chi connectivity index (χ1) is 22.6. The van der Waals surface area contributed by atoms with Crippen LogP contribution >= 0.6 is 0 Å². The molecule has 11 nitrogen and oxygen atoms in total. The summed E-state index contributed by atoms with van der Waals surface area (Å²) >= 11 is 0. The van der Waals surface area contributed by atoms with E-state index in [1.165, 1.54) is 42.4 Å². The number of piperidine rings is 1. The summed E-state index contributed by atoms with van der Waals surface area (Å²) in [6, 6.07) is 13.1. The third kappa shape index (κ3) is 8.25. The number of halogens is 3. The molecule has 1 saturated carbocycles. The van der Waals surface area contributed by atoms with Crippen molar-refractivity contribution in [3.8, 4) is 5.82 Å². The van der Waals surface area contributed by atoms with Crippen molar-refractivity contribution in [2.24, 2.45) is 0 Å². The highest BCUT2D eigenvalue weighted by Gasteiger charge is 2.31. The van der Waals surface area contributed by atoms with E-state index in [0.717, 1.165) is 50.2 Å². The molecule has 2 aliphatic rings. The van der Waals surface area contributed by atoms with Crippen LogP contribution in [0.25, 0.3) is 5.82 Å². The van der Waals surface area contributed by atoms with Crippen LogP contribution in [-0.4, -0.2) is 68.7 Å². The molecule has 246 valence electrons. The van der Waals surface area contributed by atoms with Gasteiger partial charge in [0.25, 0.3) is 11.8 Å². The average molecular weight is 648 g/mol. The van der Waals surface area contributed by atoms with Crippen molar-refractivity contribution in [2.45, 2.75) is 51.2 Å². The van der Waals surface area contributed by atoms with Crippen LogP contribution in [0.2, 0.25) is 0 Å². The number of nitrogens with zero attached hydrogens (tertiary/aromatic N) is 5. The molecule has 0 radical (unpaired) electrons. The third-order valence-corrected chi connectivity index (χ3v) is 8.11. The highest BCUT2D eigenvalue weighted by molar-refractivity contribution is 6.04. The molecule has 0 atom stereocenters. The number of aromatic nitrogens is 4. The van der Waals surface area contributed by atoms with Gasteiger partial charge in [0.05, 0.1) is 5.56 Å². The summed E-state index contributed by atoms with van der Waals surface area (Å²) in [6.07, 6.45) is 2.56. The Morgan fingerprint density at radius 3 is 2.53 bits per heavy atom. The summed E-state index contributed by atoms with van der Waals surface area (Å²) in [6.45, 7) is 5.17. The van der Waals surface area contributed by atoms with Crippen LogP contribution in [-0.2, 0) is 6.18 Å².